The minimum absolute atomic E-state index is 1.21. The van der Waals surface area contributed by atoms with Gasteiger partial charge in [-0.25, -0.2) is 0 Å². The zero-order valence-electron chi connectivity index (χ0n) is 14.4. The molecule has 0 aromatic heterocycles. The quantitative estimate of drug-likeness (QED) is 0.295. The summed E-state index contributed by atoms with van der Waals surface area (Å²) in [7, 11) is 0. The molecule has 5 aromatic carbocycles. The predicted molar refractivity (Wildman–Crippen MR) is 114 cm³/mol. The van der Waals surface area contributed by atoms with Crippen molar-refractivity contribution < 1.29 is 0 Å². The fraction of sp³-hybridized carbons (Fsp3) is 0. The highest BCUT2D eigenvalue weighted by Crippen LogP contribution is 2.38. The standard InChI is InChI=1S/C26H18/c1-2-21-23-14-6-4-10-19(23)17-20-12-8-16-25(26(20)21)24-15-7-11-18-9-3-5-13-22(18)24/h2-17H,1H2. The summed E-state index contributed by atoms with van der Waals surface area (Å²) in [6.45, 7) is 4.13. The van der Waals surface area contributed by atoms with Crippen LogP contribution in [-0.4, -0.2) is 0 Å². The van der Waals surface area contributed by atoms with Gasteiger partial charge in [0.05, 0.1) is 0 Å². The van der Waals surface area contributed by atoms with Crippen molar-refractivity contribution in [3.63, 3.8) is 0 Å². The molecule has 0 heteroatoms. The van der Waals surface area contributed by atoms with Crippen molar-refractivity contribution >= 4 is 38.4 Å². The molecular weight excluding hydrogens is 312 g/mol. The Labute approximate surface area is 153 Å². The number of benzene rings is 5. The molecule has 0 fully saturated rings. The maximum Gasteiger partial charge on any atom is -0.00264 e. The Hall–Kier alpha value is -3.38. The Balaban J connectivity index is 1.98. The van der Waals surface area contributed by atoms with Crippen LogP contribution in [0.25, 0.3) is 49.5 Å². The summed E-state index contributed by atoms with van der Waals surface area (Å²) in [5.41, 5.74) is 3.74. The minimum atomic E-state index is 1.21. The number of hydrogen-bond acceptors (Lipinski definition) is 0. The molecule has 0 saturated heterocycles. The molecular formula is C26H18. The van der Waals surface area contributed by atoms with Crippen LogP contribution in [-0.2, 0) is 0 Å². The van der Waals surface area contributed by atoms with Crippen molar-refractivity contribution in [2.24, 2.45) is 0 Å². The molecule has 0 unspecified atom stereocenters. The van der Waals surface area contributed by atoms with E-state index >= 15 is 0 Å². The molecule has 0 heterocycles. The third-order valence-corrected chi connectivity index (χ3v) is 5.21. The van der Waals surface area contributed by atoms with Crippen LogP contribution >= 0.6 is 0 Å². The monoisotopic (exact) mass is 330 g/mol. The topological polar surface area (TPSA) is 0 Å². The first-order valence-electron chi connectivity index (χ1n) is 8.92. The first-order chi connectivity index (χ1) is 12.9. The van der Waals surface area contributed by atoms with E-state index in [4.69, 9.17) is 0 Å². The molecule has 0 amide bonds. The fourth-order valence-corrected chi connectivity index (χ4v) is 4.06. The molecule has 0 spiro atoms. The van der Waals surface area contributed by atoms with Crippen molar-refractivity contribution in [3.8, 4) is 11.1 Å². The van der Waals surface area contributed by atoms with Gasteiger partial charge in [0, 0.05) is 0 Å². The molecule has 0 bridgehead atoms. The van der Waals surface area contributed by atoms with Crippen LogP contribution in [0.3, 0.4) is 0 Å². The predicted octanol–water partition coefficient (Wildman–Crippen LogP) is 7.46. The molecule has 0 radical (unpaired) electrons. The highest BCUT2D eigenvalue weighted by Gasteiger charge is 2.12. The SMILES string of the molecule is C=Cc1c2ccccc2cc2cccc(-c3cccc4ccccc34)c12. The van der Waals surface area contributed by atoms with Crippen LogP contribution < -0.4 is 0 Å². The van der Waals surface area contributed by atoms with Crippen molar-refractivity contribution in [1.29, 1.82) is 0 Å². The Morgan fingerprint density at radius 1 is 0.538 bits per heavy atom. The molecule has 0 atom stereocenters. The number of hydrogen-bond donors (Lipinski definition) is 0. The zero-order chi connectivity index (χ0) is 17.5. The molecule has 0 aliphatic carbocycles. The van der Waals surface area contributed by atoms with Gasteiger partial charge in [0.15, 0.2) is 0 Å². The Morgan fingerprint density at radius 3 is 1.96 bits per heavy atom. The van der Waals surface area contributed by atoms with E-state index in [9.17, 15) is 0 Å². The van der Waals surface area contributed by atoms with Gasteiger partial charge < -0.3 is 0 Å². The lowest BCUT2D eigenvalue weighted by Gasteiger charge is -2.14. The molecule has 0 aliphatic heterocycles. The zero-order valence-corrected chi connectivity index (χ0v) is 14.4. The van der Waals surface area contributed by atoms with E-state index in [1.54, 1.807) is 0 Å². The molecule has 26 heavy (non-hydrogen) atoms. The average molecular weight is 330 g/mol. The van der Waals surface area contributed by atoms with Crippen molar-refractivity contribution in [1.82, 2.24) is 0 Å². The Morgan fingerprint density at radius 2 is 1.15 bits per heavy atom. The third-order valence-electron chi connectivity index (χ3n) is 5.21. The van der Waals surface area contributed by atoms with E-state index in [0.717, 1.165) is 0 Å². The Bertz CT molecular complexity index is 1290. The van der Waals surface area contributed by atoms with Crippen LogP contribution in [0.2, 0.25) is 0 Å². The van der Waals surface area contributed by atoms with Crippen molar-refractivity contribution in [2.45, 2.75) is 0 Å². The van der Waals surface area contributed by atoms with Crippen LogP contribution in [0.4, 0.5) is 0 Å². The maximum absolute atomic E-state index is 4.13. The highest BCUT2D eigenvalue weighted by atomic mass is 14.2. The lowest BCUT2D eigenvalue weighted by molar-refractivity contribution is 1.68. The van der Waals surface area contributed by atoms with Gasteiger partial charge in [-0.15, -0.1) is 0 Å². The minimum Gasteiger partial charge on any atom is -0.0984 e. The van der Waals surface area contributed by atoms with Gasteiger partial charge in [-0.2, -0.15) is 0 Å². The normalized spacial score (nSPS) is 11.2. The molecule has 122 valence electrons. The summed E-state index contributed by atoms with van der Waals surface area (Å²) < 4.78 is 0. The molecule has 0 saturated carbocycles. The van der Waals surface area contributed by atoms with E-state index in [1.807, 2.05) is 6.08 Å². The van der Waals surface area contributed by atoms with Crippen molar-refractivity contribution in [3.05, 3.63) is 103 Å². The van der Waals surface area contributed by atoms with Gasteiger partial charge in [0.1, 0.15) is 0 Å². The molecule has 0 nitrogen and oxygen atoms in total. The second-order valence-electron chi connectivity index (χ2n) is 6.65. The van der Waals surface area contributed by atoms with E-state index in [2.05, 4.69) is 97.6 Å². The second kappa shape index (κ2) is 5.86. The molecule has 5 rings (SSSR count). The van der Waals surface area contributed by atoms with Crippen molar-refractivity contribution in [2.75, 3.05) is 0 Å². The van der Waals surface area contributed by atoms with Crippen LogP contribution in [0.5, 0.6) is 0 Å². The van der Waals surface area contributed by atoms with Gasteiger partial charge in [-0.1, -0.05) is 97.6 Å². The average Bonchev–Trinajstić information content (AvgIpc) is 2.71. The first-order valence-corrected chi connectivity index (χ1v) is 8.92. The second-order valence-corrected chi connectivity index (χ2v) is 6.65. The molecule has 5 aromatic rings. The third kappa shape index (κ3) is 2.16. The van der Waals surface area contributed by atoms with E-state index in [-0.39, 0.29) is 0 Å². The summed E-state index contributed by atoms with van der Waals surface area (Å²) in [6.07, 6.45) is 2.00. The van der Waals surface area contributed by atoms with Crippen LogP contribution in [0, 0.1) is 0 Å². The van der Waals surface area contributed by atoms with Gasteiger partial charge in [0.25, 0.3) is 0 Å². The molecule has 0 N–H and O–H groups in total. The number of fused-ring (bicyclic) bond motifs is 3. The van der Waals surface area contributed by atoms with Crippen LogP contribution in [0.15, 0.2) is 97.6 Å². The lowest BCUT2D eigenvalue weighted by Crippen LogP contribution is -1.88. The summed E-state index contributed by atoms with van der Waals surface area (Å²) >= 11 is 0. The van der Waals surface area contributed by atoms with Gasteiger partial charge >= 0.3 is 0 Å². The largest absolute Gasteiger partial charge is 0.0984 e. The van der Waals surface area contributed by atoms with Gasteiger partial charge in [-0.3, -0.25) is 0 Å². The number of rotatable bonds is 2. The lowest BCUT2D eigenvalue weighted by atomic mass is 9.89. The fourth-order valence-electron chi connectivity index (χ4n) is 4.06. The smallest absolute Gasteiger partial charge is 0.00264 e. The first kappa shape index (κ1) is 14.9. The summed E-state index contributed by atoms with van der Waals surface area (Å²) in [6, 6.07) is 32.5. The van der Waals surface area contributed by atoms with E-state index in [0.29, 0.717) is 0 Å². The van der Waals surface area contributed by atoms with Gasteiger partial charge in [-0.05, 0) is 55.1 Å². The molecule has 0 aliphatic rings. The summed E-state index contributed by atoms with van der Waals surface area (Å²) in [4.78, 5) is 0. The summed E-state index contributed by atoms with van der Waals surface area (Å²) in [5, 5.41) is 7.59. The summed E-state index contributed by atoms with van der Waals surface area (Å²) in [5.74, 6) is 0. The van der Waals surface area contributed by atoms with Gasteiger partial charge in [0.2, 0.25) is 0 Å². The van der Waals surface area contributed by atoms with E-state index < -0.39 is 0 Å². The van der Waals surface area contributed by atoms with E-state index in [1.165, 1.54) is 49.0 Å². The Kier molecular flexibility index (Phi) is 3.36. The van der Waals surface area contributed by atoms with Crippen LogP contribution in [0.1, 0.15) is 5.56 Å². The highest BCUT2D eigenvalue weighted by molar-refractivity contribution is 6.14. The maximum atomic E-state index is 4.13.